The normalized spacial score (nSPS) is 18.0. The van der Waals surface area contributed by atoms with Crippen molar-refractivity contribution in [2.75, 3.05) is 20.9 Å². The summed E-state index contributed by atoms with van der Waals surface area (Å²) in [5, 5.41) is 17.4. The number of carbonyl (C=O) groups is 1. The van der Waals surface area contributed by atoms with Crippen LogP contribution in [0.4, 0.5) is 0 Å². The monoisotopic (exact) mass is 525 g/mol. The van der Waals surface area contributed by atoms with Crippen LogP contribution >= 0.6 is 0 Å². The SMILES string of the molecule is CCc1ccc(OC)c(CCC(C/C(O)=C(/C/C(N)=N/N2CN=C(C)C=C2C)C(=O)OC)C2CCCC2)n1. The van der Waals surface area contributed by atoms with Crippen LogP contribution in [-0.2, 0) is 22.4 Å². The number of hydrazone groups is 1. The molecule has 3 N–H and O–H groups in total. The molecule has 2 aliphatic rings. The molecule has 1 aliphatic heterocycles. The van der Waals surface area contributed by atoms with Crippen LogP contribution in [0, 0.1) is 11.8 Å². The van der Waals surface area contributed by atoms with Crippen molar-refractivity contribution in [3.63, 3.8) is 0 Å². The van der Waals surface area contributed by atoms with E-state index < -0.39 is 5.97 Å². The molecule has 208 valence electrons. The molecule has 1 aromatic rings. The van der Waals surface area contributed by atoms with Gasteiger partial charge in [0.05, 0.1) is 25.5 Å². The van der Waals surface area contributed by atoms with E-state index in [-0.39, 0.29) is 29.5 Å². The zero-order valence-corrected chi connectivity index (χ0v) is 23.5. The summed E-state index contributed by atoms with van der Waals surface area (Å²) in [4.78, 5) is 21.9. The summed E-state index contributed by atoms with van der Waals surface area (Å²) in [6, 6.07) is 3.97. The first-order chi connectivity index (χ1) is 18.2. The van der Waals surface area contributed by atoms with Gasteiger partial charge < -0.3 is 20.3 Å². The van der Waals surface area contributed by atoms with Gasteiger partial charge in [-0.05, 0) is 63.2 Å². The number of esters is 1. The molecular formula is C29H43N5O4. The van der Waals surface area contributed by atoms with Crippen molar-refractivity contribution in [3.8, 4) is 5.75 Å². The summed E-state index contributed by atoms with van der Waals surface area (Å²) in [6.45, 7) is 6.30. The van der Waals surface area contributed by atoms with E-state index in [1.165, 1.54) is 20.0 Å². The number of aliphatic hydroxyl groups excluding tert-OH is 1. The lowest BCUT2D eigenvalue weighted by Gasteiger charge is -2.25. The lowest BCUT2D eigenvalue weighted by molar-refractivity contribution is -0.136. The fourth-order valence-electron chi connectivity index (χ4n) is 5.33. The number of methoxy groups -OCH3 is 2. The third-order valence-electron chi connectivity index (χ3n) is 7.51. The molecule has 1 aromatic heterocycles. The molecule has 0 saturated heterocycles. The van der Waals surface area contributed by atoms with Crippen molar-refractivity contribution in [1.29, 1.82) is 0 Å². The Balaban J connectivity index is 1.80. The zero-order chi connectivity index (χ0) is 27.7. The summed E-state index contributed by atoms with van der Waals surface area (Å²) in [7, 11) is 2.98. The smallest absolute Gasteiger partial charge is 0.337 e. The van der Waals surface area contributed by atoms with Gasteiger partial charge in [-0.25, -0.2) is 9.80 Å². The van der Waals surface area contributed by atoms with E-state index in [4.69, 9.17) is 20.2 Å². The topological polar surface area (TPSA) is 123 Å². The van der Waals surface area contributed by atoms with E-state index in [9.17, 15) is 9.90 Å². The highest BCUT2D eigenvalue weighted by molar-refractivity contribution is 5.97. The summed E-state index contributed by atoms with van der Waals surface area (Å²) in [5.41, 5.74) is 10.2. The fraction of sp³-hybridized carbons (Fsp3) is 0.586. The molecule has 0 aromatic carbocycles. The Kier molecular flexibility index (Phi) is 10.7. The highest BCUT2D eigenvalue weighted by Gasteiger charge is 2.29. The van der Waals surface area contributed by atoms with Crippen molar-refractivity contribution in [1.82, 2.24) is 9.99 Å². The van der Waals surface area contributed by atoms with Crippen LogP contribution in [0.3, 0.4) is 0 Å². The van der Waals surface area contributed by atoms with Gasteiger partial charge in [-0.3, -0.25) is 9.98 Å². The summed E-state index contributed by atoms with van der Waals surface area (Å²) in [6.07, 6.45) is 9.34. The molecule has 1 saturated carbocycles. The standard InChI is InChI=1S/C29H43N5O4/c1-6-23-12-14-27(37-4)25(32-23)13-11-22(21-9-7-8-10-21)16-26(35)24(29(36)38-5)17-28(30)33-34-18-31-19(2)15-20(34)3/h12,14-15,21-22,35H,6-11,13,16-18H2,1-5H3,(H2,30,33)/b26-24+. The van der Waals surface area contributed by atoms with Gasteiger partial charge in [0, 0.05) is 29.9 Å². The Bertz CT molecular complexity index is 1100. The van der Waals surface area contributed by atoms with E-state index in [0.717, 1.165) is 60.7 Å². The third kappa shape index (κ3) is 7.82. The number of amidine groups is 1. The molecule has 0 radical (unpaired) electrons. The second-order valence-corrected chi connectivity index (χ2v) is 10.2. The van der Waals surface area contributed by atoms with Crippen LogP contribution in [0.5, 0.6) is 5.75 Å². The fourth-order valence-corrected chi connectivity index (χ4v) is 5.33. The number of aliphatic hydroxyl groups is 1. The number of ether oxygens (including phenoxy) is 2. The van der Waals surface area contributed by atoms with Crippen LogP contribution in [0.15, 0.2) is 45.3 Å². The Labute approximate surface area is 226 Å². The van der Waals surface area contributed by atoms with Crippen molar-refractivity contribution >= 4 is 17.5 Å². The average Bonchev–Trinajstić information content (AvgIpc) is 3.45. The molecule has 9 heteroatoms. The number of aromatic nitrogens is 1. The van der Waals surface area contributed by atoms with Gasteiger partial charge in [0.1, 0.15) is 24.0 Å². The summed E-state index contributed by atoms with van der Waals surface area (Å²) in [5.74, 6) is 1.09. The summed E-state index contributed by atoms with van der Waals surface area (Å²) < 4.78 is 10.6. The third-order valence-corrected chi connectivity index (χ3v) is 7.51. The predicted molar refractivity (Wildman–Crippen MR) is 150 cm³/mol. The van der Waals surface area contributed by atoms with Gasteiger partial charge in [0.2, 0.25) is 0 Å². The van der Waals surface area contributed by atoms with Gasteiger partial charge in [-0.2, -0.15) is 5.10 Å². The molecule has 3 rings (SSSR count). The molecule has 38 heavy (non-hydrogen) atoms. The lowest BCUT2D eigenvalue weighted by Crippen LogP contribution is -2.27. The van der Waals surface area contributed by atoms with E-state index in [1.807, 2.05) is 32.1 Å². The molecule has 0 spiro atoms. The average molecular weight is 526 g/mol. The number of aryl methyl sites for hydroxylation is 2. The number of nitrogens with zero attached hydrogens (tertiary/aromatic N) is 4. The van der Waals surface area contributed by atoms with Crippen LogP contribution in [0.2, 0.25) is 0 Å². The molecule has 1 aliphatic carbocycles. The predicted octanol–water partition coefficient (Wildman–Crippen LogP) is 5.07. The van der Waals surface area contributed by atoms with Crippen LogP contribution in [-0.4, -0.2) is 53.5 Å². The van der Waals surface area contributed by atoms with Gasteiger partial charge >= 0.3 is 5.97 Å². The second-order valence-electron chi connectivity index (χ2n) is 10.2. The zero-order valence-electron chi connectivity index (χ0n) is 23.5. The number of rotatable bonds is 12. The van der Waals surface area contributed by atoms with Crippen molar-refractivity contribution < 1.29 is 19.4 Å². The highest BCUT2D eigenvalue weighted by Crippen LogP contribution is 2.38. The van der Waals surface area contributed by atoms with Crippen LogP contribution in [0.25, 0.3) is 0 Å². The maximum atomic E-state index is 12.7. The molecule has 1 atom stereocenters. The molecule has 1 fully saturated rings. The molecule has 2 heterocycles. The van der Waals surface area contributed by atoms with Crippen molar-refractivity contribution in [2.45, 2.75) is 78.6 Å². The molecule has 1 unspecified atom stereocenters. The first-order valence-electron chi connectivity index (χ1n) is 13.6. The van der Waals surface area contributed by atoms with E-state index >= 15 is 0 Å². The number of aliphatic imine (C=N–C) groups is 1. The number of hydrogen-bond donors (Lipinski definition) is 2. The second kappa shape index (κ2) is 14.0. The van der Waals surface area contributed by atoms with Gasteiger partial charge in [0.25, 0.3) is 0 Å². The lowest BCUT2D eigenvalue weighted by atomic mass is 9.82. The van der Waals surface area contributed by atoms with E-state index in [2.05, 4.69) is 17.0 Å². The number of hydrogen-bond acceptors (Lipinski definition) is 8. The highest BCUT2D eigenvalue weighted by atomic mass is 16.5. The first-order valence-corrected chi connectivity index (χ1v) is 13.6. The van der Waals surface area contributed by atoms with Gasteiger partial charge in [0.15, 0.2) is 0 Å². The van der Waals surface area contributed by atoms with E-state index in [1.54, 1.807) is 12.1 Å². The van der Waals surface area contributed by atoms with Crippen LogP contribution in [0.1, 0.15) is 77.1 Å². The molecule has 0 bridgehead atoms. The largest absolute Gasteiger partial charge is 0.512 e. The first kappa shape index (κ1) is 29.2. The Morgan fingerprint density at radius 2 is 2.00 bits per heavy atom. The maximum absolute atomic E-state index is 12.7. The molecule has 9 nitrogen and oxygen atoms in total. The summed E-state index contributed by atoms with van der Waals surface area (Å²) >= 11 is 0. The number of pyridine rings is 1. The minimum absolute atomic E-state index is 0.00368. The van der Waals surface area contributed by atoms with Crippen molar-refractivity contribution in [3.05, 3.63) is 46.6 Å². The van der Waals surface area contributed by atoms with Crippen LogP contribution < -0.4 is 10.5 Å². The minimum Gasteiger partial charge on any atom is -0.512 e. The van der Waals surface area contributed by atoms with E-state index in [0.29, 0.717) is 19.0 Å². The quantitative estimate of drug-likeness (QED) is 0.128. The number of carbonyl (C=O) groups excluding carboxylic acids is 1. The Morgan fingerprint density at radius 3 is 2.63 bits per heavy atom. The van der Waals surface area contributed by atoms with Crippen molar-refractivity contribution in [2.24, 2.45) is 27.7 Å². The number of allylic oxidation sites excluding steroid dienone is 3. The molecular weight excluding hydrogens is 482 g/mol. The van der Waals surface area contributed by atoms with Gasteiger partial charge in [-0.15, -0.1) is 0 Å². The Hall–Kier alpha value is -3.36. The van der Waals surface area contributed by atoms with Gasteiger partial charge in [-0.1, -0.05) is 32.6 Å². The maximum Gasteiger partial charge on any atom is 0.337 e. The molecule has 0 amide bonds. The number of nitrogens with two attached hydrogens (primary N) is 1. The Morgan fingerprint density at radius 1 is 1.26 bits per heavy atom. The minimum atomic E-state index is -0.593.